The Labute approximate surface area is 154 Å². The zero-order valence-electron chi connectivity index (χ0n) is 14.7. The van der Waals surface area contributed by atoms with Gasteiger partial charge < -0.3 is 9.64 Å². The molecule has 5 heteroatoms. The fourth-order valence-electron chi connectivity index (χ4n) is 3.24. The van der Waals surface area contributed by atoms with Crippen LogP contribution >= 0.6 is 11.6 Å². The molecule has 0 atom stereocenters. The third kappa shape index (κ3) is 4.33. The lowest BCUT2D eigenvalue weighted by Gasteiger charge is -2.37. The van der Waals surface area contributed by atoms with Gasteiger partial charge >= 0.3 is 5.97 Å². The SMILES string of the molecule is COC(=O)c1cccc(CN2CCN(c3cc(Cl)ccc3C)CC2)c1. The Morgan fingerprint density at radius 2 is 1.88 bits per heavy atom. The minimum Gasteiger partial charge on any atom is -0.465 e. The van der Waals surface area contributed by atoms with E-state index in [2.05, 4.69) is 28.9 Å². The van der Waals surface area contributed by atoms with Gasteiger partial charge in [-0.25, -0.2) is 4.79 Å². The van der Waals surface area contributed by atoms with Crippen LogP contribution in [-0.4, -0.2) is 44.2 Å². The summed E-state index contributed by atoms with van der Waals surface area (Å²) in [6, 6.07) is 13.7. The summed E-state index contributed by atoms with van der Waals surface area (Å²) in [5.41, 5.74) is 4.21. The molecule has 0 bridgehead atoms. The molecule has 1 heterocycles. The monoisotopic (exact) mass is 358 g/mol. The molecule has 0 spiro atoms. The first-order chi connectivity index (χ1) is 12.1. The molecule has 3 rings (SSSR count). The highest BCUT2D eigenvalue weighted by molar-refractivity contribution is 6.30. The van der Waals surface area contributed by atoms with Crippen LogP contribution in [0.2, 0.25) is 5.02 Å². The summed E-state index contributed by atoms with van der Waals surface area (Å²) in [7, 11) is 1.41. The third-order valence-electron chi connectivity index (χ3n) is 4.64. The average molecular weight is 359 g/mol. The van der Waals surface area contributed by atoms with Crippen LogP contribution in [0.25, 0.3) is 0 Å². The van der Waals surface area contributed by atoms with E-state index in [1.54, 1.807) is 6.07 Å². The molecule has 0 N–H and O–H groups in total. The molecule has 4 nitrogen and oxygen atoms in total. The van der Waals surface area contributed by atoms with E-state index in [4.69, 9.17) is 16.3 Å². The number of carbonyl (C=O) groups excluding carboxylic acids is 1. The van der Waals surface area contributed by atoms with E-state index in [0.29, 0.717) is 5.56 Å². The number of rotatable bonds is 4. The summed E-state index contributed by atoms with van der Waals surface area (Å²) in [5.74, 6) is -0.289. The molecule has 1 fully saturated rings. The molecular weight excluding hydrogens is 336 g/mol. The van der Waals surface area contributed by atoms with Gasteiger partial charge in [0.1, 0.15) is 0 Å². The number of benzene rings is 2. The minimum absolute atomic E-state index is 0.289. The number of esters is 1. The van der Waals surface area contributed by atoms with Crippen LogP contribution in [0.5, 0.6) is 0 Å². The Bertz CT molecular complexity index is 755. The van der Waals surface area contributed by atoms with Crippen LogP contribution in [0.1, 0.15) is 21.5 Å². The summed E-state index contributed by atoms with van der Waals surface area (Å²) < 4.78 is 4.80. The molecule has 0 amide bonds. The number of hydrogen-bond donors (Lipinski definition) is 0. The van der Waals surface area contributed by atoms with Crippen molar-refractivity contribution in [1.29, 1.82) is 0 Å². The normalized spacial score (nSPS) is 15.2. The van der Waals surface area contributed by atoms with Crippen molar-refractivity contribution in [3.05, 3.63) is 64.2 Å². The van der Waals surface area contributed by atoms with Gasteiger partial charge in [-0.15, -0.1) is 0 Å². The van der Waals surface area contributed by atoms with Gasteiger partial charge in [-0.05, 0) is 42.3 Å². The molecule has 1 saturated heterocycles. The van der Waals surface area contributed by atoms with Crippen molar-refractivity contribution in [3.8, 4) is 0 Å². The van der Waals surface area contributed by atoms with E-state index in [1.807, 2.05) is 24.3 Å². The predicted molar refractivity (Wildman–Crippen MR) is 101 cm³/mol. The number of ether oxygens (including phenoxy) is 1. The van der Waals surface area contributed by atoms with Gasteiger partial charge in [-0.2, -0.15) is 0 Å². The Hall–Kier alpha value is -2.04. The number of anilines is 1. The van der Waals surface area contributed by atoms with Crippen molar-refractivity contribution in [2.45, 2.75) is 13.5 Å². The van der Waals surface area contributed by atoms with Gasteiger partial charge in [0.25, 0.3) is 0 Å². The number of methoxy groups -OCH3 is 1. The van der Waals surface area contributed by atoms with E-state index in [0.717, 1.165) is 43.3 Å². The summed E-state index contributed by atoms with van der Waals surface area (Å²) >= 11 is 6.15. The molecule has 0 aromatic heterocycles. The Morgan fingerprint density at radius 1 is 1.12 bits per heavy atom. The van der Waals surface area contributed by atoms with Crippen LogP contribution < -0.4 is 4.90 Å². The molecule has 1 aliphatic rings. The van der Waals surface area contributed by atoms with E-state index >= 15 is 0 Å². The van der Waals surface area contributed by atoms with Crippen molar-refractivity contribution in [2.75, 3.05) is 38.2 Å². The standard InChI is InChI=1S/C20H23ClN2O2/c1-15-6-7-18(21)13-19(15)23-10-8-22(9-11-23)14-16-4-3-5-17(12-16)20(24)25-2/h3-7,12-13H,8-11,14H2,1-2H3. The molecule has 0 aliphatic carbocycles. The van der Waals surface area contributed by atoms with Gasteiger partial charge in [0.15, 0.2) is 0 Å². The highest BCUT2D eigenvalue weighted by Gasteiger charge is 2.19. The molecule has 0 saturated carbocycles. The van der Waals surface area contributed by atoms with Gasteiger partial charge in [0, 0.05) is 43.4 Å². The van der Waals surface area contributed by atoms with E-state index in [1.165, 1.54) is 18.4 Å². The number of nitrogens with zero attached hydrogens (tertiary/aromatic N) is 2. The maximum Gasteiger partial charge on any atom is 0.337 e. The predicted octanol–water partition coefficient (Wildman–Crippen LogP) is 3.76. The number of aryl methyl sites for hydroxylation is 1. The fraction of sp³-hybridized carbons (Fsp3) is 0.350. The molecule has 2 aromatic carbocycles. The van der Waals surface area contributed by atoms with Gasteiger partial charge in [0.05, 0.1) is 12.7 Å². The Kier molecular flexibility index (Phi) is 5.61. The molecule has 0 radical (unpaired) electrons. The minimum atomic E-state index is -0.289. The summed E-state index contributed by atoms with van der Waals surface area (Å²) in [4.78, 5) is 16.5. The van der Waals surface area contributed by atoms with Crippen LogP contribution in [0.15, 0.2) is 42.5 Å². The molecule has 2 aromatic rings. The zero-order chi connectivity index (χ0) is 17.8. The smallest absolute Gasteiger partial charge is 0.337 e. The van der Waals surface area contributed by atoms with E-state index in [9.17, 15) is 4.79 Å². The van der Waals surface area contributed by atoms with Crippen LogP contribution in [0, 0.1) is 6.92 Å². The number of piperazine rings is 1. The largest absolute Gasteiger partial charge is 0.465 e. The fourth-order valence-corrected chi connectivity index (χ4v) is 3.41. The van der Waals surface area contributed by atoms with Crippen molar-refractivity contribution >= 4 is 23.3 Å². The van der Waals surface area contributed by atoms with Gasteiger partial charge in [-0.3, -0.25) is 4.90 Å². The lowest BCUT2D eigenvalue weighted by Crippen LogP contribution is -2.46. The first-order valence-electron chi connectivity index (χ1n) is 8.47. The van der Waals surface area contributed by atoms with Crippen LogP contribution in [-0.2, 0) is 11.3 Å². The Morgan fingerprint density at radius 3 is 2.60 bits per heavy atom. The van der Waals surface area contributed by atoms with Crippen molar-refractivity contribution in [3.63, 3.8) is 0 Å². The lowest BCUT2D eigenvalue weighted by molar-refractivity contribution is 0.0600. The summed E-state index contributed by atoms with van der Waals surface area (Å²) in [5, 5.41) is 0.780. The second-order valence-electron chi connectivity index (χ2n) is 6.39. The molecule has 132 valence electrons. The quantitative estimate of drug-likeness (QED) is 0.779. The highest BCUT2D eigenvalue weighted by Crippen LogP contribution is 2.25. The second kappa shape index (κ2) is 7.89. The summed E-state index contributed by atoms with van der Waals surface area (Å²) in [6.07, 6.45) is 0. The lowest BCUT2D eigenvalue weighted by atomic mass is 10.1. The van der Waals surface area contributed by atoms with Gasteiger partial charge in [-0.1, -0.05) is 29.8 Å². The zero-order valence-corrected chi connectivity index (χ0v) is 15.4. The molecule has 25 heavy (non-hydrogen) atoms. The maximum atomic E-state index is 11.7. The Balaban J connectivity index is 1.61. The first kappa shape index (κ1) is 17.8. The maximum absolute atomic E-state index is 11.7. The van der Waals surface area contributed by atoms with Crippen molar-refractivity contribution < 1.29 is 9.53 Å². The van der Waals surface area contributed by atoms with E-state index in [-0.39, 0.29) is 5.97 Å². The highest BCUT2D eigenvalue weighted by atomic mass is 35.5. The van der Waals surface area contributed by atoms with Crippen LogP contribution in [0.4, 0.5) is 5.69 Å². The third-order valence-corrected chi connectivity index (χ3v) is 4.87. The number of hydrogen-bond acceptors (Lipinski definition) is 4. The first-order valence-corrected chi connectivity index (χ1v) is 8.85. The number of halogens is 1. The summed E-state index contributed by atoms with van der Waals surface area (Å²) in [6.45, 7) is 6.86. The van der Waals surface area contributed by atoms with Crippen molar-refractivity contribution in [2.24, 2.45) is 0 Å². The van der Waals surface area contributed by atoms with Crippen molar-refractivity contribution in [1.82, 2.24) is 4.90 Å². The molecule has 0 unspecified atom stereocenters. The van der Waals surface area contributed by atoms with Gasteiger partial charge in [0.2, 0.25) is 0 Å². The van der Waals surface area contributed by atoms with E-state index < -0.39 is 0 Å². The second-order valence-corrected chi connectivity index (χ2v) is 6.82. The number of carbonyl (C=O) groups is 1. The molecular formula is C20H23ClN2O2. The van der Waals surface area contributed by atoms with Crippen LogP contribution in [0.3, 0.4) is 0 Å². The molecule has 1 aliphatic heterocycles. The average Bonchev–Trinajstić information content (AvgIpc) is 2.64. The topological polar surface area (TPSA) is 32.8 Å².